The number of nitrogens with one attached hydrogen (secondary N) is 1. The summed E-state index contributed by atoms with van der Waals surface area (Å²) in [6, 6.07) is 13.9. The van der Waals surface area contributed by atoms with E-state index in [1.165, 1.54) is 35.7 Å². The molecule has 0 radical (unpaired) electrons. The lowest BCUT2D eigenvalue weighted by atomic mass is 10.2. The third kappa shape index (κ3) is 5.20. The van der Waals surface area contributed by atoms with Crippen LogP contribution in [-0.4, -0.2) is 22.3 Å². The van der Waals surface area contributed by atoms with Crippen LogP contribution in [0.1, 0.15) is 18.1 Å². The molecular weight excluding hydrogens is 326 g/mol. The number of amides is 1. The zero-order valence-electron chi connectivity index (χ0n) is 13.3. The highest BCUT2D eigenvalue weighted by Crippen LogP contribution is 2.23. The first kappa shape index (κ1) is 17.7. The van der Waals surface area contributed by atoms with E-state index in [9.17, 15) is 14.9 Å². The molecule has 0 saturated carbocycles. The summed E-state index contributed by atoms with van der Waals surface area (Å²) >= 11 is 1.45. The van der Waals surface area contributed by atoms with Gasteiger partial charge in [-0.2, -0.15) is 5.10 Å². The van der Waals surface area contributed by atoms with Crippen molar-refractivity contribution in [1.29, 1.82) is 0 Å². The number of nitrogens with zero attached hydrogens (tertiary/aromatic N) is 2. The summed E-state index contributed by atoms with van der Waals surface area (Å²) in [4.78, 5) is 23.1. The summed E-state index contributed by atoms with van der Waals surface area (Å²) in [7, 11) is 0. The van der Waals surface area contributed by atoms with Gasteiger partial charge in [0.2, 0.25) is 0 Å². The molecule has 6 nitrogen and oxygen atoms in total. The van der Waals surface area contributed by atoms with E-state index < -0.39 is 4.92 Å². The SMILES string of the molecule is Cc1ccc(S[C@@H](C)C(=O)N/N=C\c2ccc([N+](=O)[O-])cc2)cc1. The zero-order chi connectivity index (χ0) is 17.5. The Morgan fingerprint density at radius 1 is 1.21 bits per heavy atom. The van der Waals surface area contributed by atoms with Gasteiger partial charge in [-0.15, -0.1) is 11.8 Å². The number of hydrazone groups is 1. The maximum Gasteiger partial charge on any atom is 0.269 e. The number of aryl methyl sites for hydroxylation is 1. The number of thioether (sulfide) groups is 1. The molecule has 0 unspecified atom stereocenters. The smallest absolute Gasteiger partial charge is 0.269 e. The zero-order valence-corrected chi connectivity index (χ0v) is 14.1. The van der Waals surface area contributed by atoms with Gasteiger partial charge in [0.05, 0.1) is 16.4 Å². The van der Waals surface area contributed by atoms with Gasteiger partial charge in [0.1, 0.15) is 0 Å². The van der Waals surface area contributed by atoms with Crippen molar-refractivity contribution in [3.63, 3.8) is 0 Å². The molecule has 0 heterocycles. The number of rotatable bonds is 6. The van der Waals surface area contributed by atoms with Crippen molar-refractivity contribution in [2.75, 3.05) is 0 Å². The molecule has 0 spiro atoms. The quantitative estimate of drug-likeness (QED) is 0.376. The molecule has 124 valence electrons. The second kappa shape index (κ2) is 8.26. The standard InChI is InChI=1S/C17H17N3O3S/c1-12-3-9-16(10-4-12)24-13(2)17(21)19-18-11-14-5-7-15(8-6-14)20(22)23/h3-11,13H,1-2H3,(H,19,21)/b18-11-/t13-/m0/s1. The molecule has 2 aromatic carbocycles. The van der Waals surface area contributed by atoms with E-state index >= 15 is 0 Å². The predicted molar refractivity (Wildman–Crippen MR) is 95.3 cm³/mol. The minimum absolute atomic E-state index is 0.0132. The third-order valence-corrected chi connectivity index (χ3v) is 4.31. The lowest BCUT2D eigenvalue weighted by Crippen LogP contribution is -2.26. The number of carbonyl (C=O) groups excluding carboxylic acids is 1. The van der Waals surface area contributed by atoms with E-state index in [4.69, 9.17) is 0 Å². The third-order valence-electron chi connectivity index (χ3n) is 3.20. The molecule has 0 saturated heterocycles. The number of nitro groups is 1. The average Bonchev–Trinajstić information content (AvgIpc) is 2.57. The van der Waals surface area contributed by atoms with Crippen LogP contribution < -0.4 is 5.43 Å². The van der Waals surface area contributed by atoms with Crippen LogP contribution in [-0.2, 0) is 4.79 Å². The fourth-order valence-electron chi connectivity index (χ4n) is 1.82. The number of non-ortho nitro benzene ring substituents is 1. The minimum Gasteiger partial charge on any atom is -0.272 e. The molecule has 0 fully saturated rings. The topological polar surface area (TPSA) is 84.6 Å². The van der Waals surface area contributed by atoms with Gasteiger partial charge in [0, 0.05) is 17.0 Å². The van der Waals surface area contributed by atoms with Crippen molar-refractivity contribution in [2.45, 2.75) is 24.0 Å². The van der Waals surface area contributed by atoms with Crippen LogP contribution in [0.4, 0.5) is 5.69 Å². The number of hydrogen-bond acceptors (Lipinski definition) is 5. The molecule has 7 heteroatoms. The number of benzene rings is 2. The highest BCUT2D eigenvalue weighted by Gasteiger charge is 2.13. The monoisotopic (exact) mass is 343 g/mol. The molecule has 0 aliphatic rings. The normalized spacial score (nSPS) is 12.1. The van der Waals surface area contributed by atoms with Gasteiger partial charge in [-0.25, -0.2) is 5.43 Å². The van der Waals surface area contributed by atoms with Gasteiger partial charge >= 0.3 is 0 Å². The largest absolute Gasteiger partial charge is 0.272 e. The molecule has 0 aromatic heterocycles. The summed E-state index contributed by atoms with van der Waals surface area (Å²) in [6.07, 6.45) is 1.45. The molecule has 0 bridgehead atoms. The molecular formula is C17H17N3O3S. The van der Waals surface area contributed by atoms with Crippen molar-refractivity contribution in [1.82, 2.24) is 5.43 Å². The van der Waals surface area contributed by atoms with Crippen LogP contribution in [0.2, 0.25) is 0 Å². The van der Waals surface area contributed by atoms with E-state index in [0.717, 1.165) is 4.90 Å². The van der Waals surface area contributed by atoms with Crippen molar-refractivity contribution >= 4 is 29.6 Å². The summed E-state index contributed by atoms with van der Waals surface area (Å²) in [5.74, 6) is -0.210. The molecule has 1 N–H and O–H groups in total. The van der Waals surface area contributed by atoms with Gasteiger partial charge in [-0.1, -0.05) is 17.7 Å². The van der Waals surface area contributed by atoms with E-state index in [0.29, 0.717) is 5.56 Å². The lowest BCUT2D eigenvalue weighted by molar-refractivity contribution is -0.384. The molecule has 2 aromatic rings. The van der Waals surface area contributed by atoms with E-state index in [2.05, 4.69) is 10.5 Å². The van der Waals surface area contributed by atoms with Crippen molar-refractivity contribution in [3.05, 3.63) is 69.8 Å². The Labute approximate surface area is 144 Å². The first-order valence-electron chi connectivity index (χ1n) is 7.26. The van der Waals surface area contributed by atoms with Crippen molar-refractivity contribution in [2.24, 2.45) is 5.10 Å². The summed E-state index contributed by atoms with van der Waals surface area (Å²) in [5.41, 5.74) is 4.33. The van der Waals surface area contributed by atoms with Crippen LogP contribution >= 0.6 is 11.8 Å². The average molecular weight is 343 g/mol. The Bertz CT molecular complexity index is 743. The number of carbonyl (C=O) groups is 1. The van der Waals surface area contributed by atoms with Crippen LogP contribution in [0.25, 0.3) is 0 Å². The summed E-state index contributed by atoms with van der Waals surface area (Å²) < 4.78 is 0. The second-order valence-corrected chi connectivity index (χ2v) is 6.57. The summed E-state index contributed by atoms with van der Waals surface area (Å²) in [5, 5.41) is 14.2. The number of nitro benzene ring substituents is 1. The van der Waals surface area contributed by atoms with Crippen molar-refractivity contribution in [3.8, 4) is 0 Å². The van der Waals surface area contributed by atoms with Crippen LogP contribution in [0.15, 0.2) is 58.5 Å². The van der Waals surface area contributed by atoms with Gasteiger partial charge < -0.3 is 0 Å². The molecule has 2 rings (SSSR count). The molecule has 1 amide bonds. The maximum atomic E-state index is 12.0. The maximum absolute atomic E-state index is 12.0. The number of hydrogen-bond donors (Lipinski definition) is 1. The highest BCUT2D eigenvalue weighted by molar-refractivity contribution is 8.00. The molecule has 0 aliphatic heterocycles. The van der Waals surface area contributed by atoms with Gasteiger partial charge in [0.25, 0.3) is 11.6 Å². The highest BCUT2D eigenvalue weighted by atomic mass is 32.2. The Balaban J connectivity index is 1.87. The first-order valence-corrected chi connectivity index (χ1v) is 8.14. The van der Waals surface area contributed by atoms with Crippen LogP contribution in [0, 0.1) is 17.0 Å². The molecule has 0 aliphatic carbocycles. The van der Waals surface area contributed by atoms with Crippen LogP contribution in [0.5, 0.6) is 0 Å². The van der Waals surface area contributed by atoms with Gasteiger partial charge in [0.15, 0.2) is 0 Å². The Kier molecular flexibility index (Phi) is 6.08. The Morgan fingerprint density at radius 3 is 2.42 bits per heavy atom. The molecule has 24 heavy (non-hydrogen) atoms. The van der Waals surface area contributed by atoms with Crippen LogP contribution in [0.3, 0.4) is 0 Å². The summed E-state index contributed by atoms with van der Waals surface area (Å²) in [6.45, 7) is 3.82. The fourth-order valence-corrected chi connectivity index (χ4v) is 2.68. The first-order chi connectivity index (χ1) is 11.5. The Hall–Kier alpha value is -2.67. The molecule has 1 atom stereocenters. The Morgan fingerprint density at radius 2 is 1.83 bits per heavy atom. The fraction of sp³-hybridized carbons (Fsp3) is 0.176. The van der Waals surface area contributed by atoms with E-state index in [1.54, 1.807) is 19.1 Å². The van der Waals surface area contributed by atoms with Gasteiger partial charge in [-0.3, -0.25) is 14.9 Å². The minimum atomic E-state index is -0.466. The second-order valence-electron chi connectivity index (χ2n) is 5.16. The van der Waals surface area contributed by atoms with Crippen molar-refractivity contribution < 1.29 is 9.72 Å². The van der Waals surface area contributed by atoms with Gasteiger partial charge in [-0.05, 0) is 43.7 Å². The lowest BCUT2D eigenvalue weighted by Gasteiger charge is -2.09. The predicted octanol–water partition coefficient (Wildman–Crippen LogP) is 3.53. The van der Waals surface area contributed by atoms with E-state index in [1.807, 2.05) is 31.2 Å². The van der Waals surface area contributed by atoms with E-state index in [-0.39, 0.29) is 16.8 Å².